The van der Waals surface area contributed by atoms with Crippen LogP contribution < -0.4 is 5.56 Å². The van der Waals surface area contributed by atoms with Crippen LogP contribution in [0.2, 0.25) is 5.15 Å². The van der Waals surface area contributed by atoms with Crippen LogP contribution >= 0.6 is 11.6 Å². The topological polar surface area (TPSA) is 50.2 Å². The Morgan fingerprint density at radius 2 is 1.46 bits per heavy atom. The maximum atomic E-state index is 11.4. The lowest BCUT2D eigenvalue weighted by Gasteiger charge is -2.03. The molecule has 0 amide bonds. The molecule has 0 unspecified atom stereocenters. The zero-order valence-electron chi connectivity index (χ0n) is 16.2. The van der Waals surface area contributed by atoms with E-state index in [9.17, 15) is 4.79 Å². The maximum absolute atomic E-state index is 11.4. The van der Waals surface area contributed by atoms with Gasteiger partial charge in [0.25, 0.3) is 5.56 Å². The Hall–Kier alpha value is -1.29. The Morgan fingerprint density at radius 3 is 2.04 bits per heavy atom. The van der Waals surface area contributed by atoms with Crippen molar-refractivity contribution >= 4 is 17.2 Å². The van der Waals surface area contributed by atoms with Crippen LogP contribution in [0.5, 0.6) is 0 Å². The number of halogens is 1. The van der Waals surface area contributed by atoms with E-state index in [1.54, 1.807) is 6.20 Å². The van der Waals surface area contributed by atoms with E-state index in [1.165, 1.54) is 83.1 Å². The predicted octanol–water partition coefficient (Wildman–Crippen LogP) is 6.31. The van der Waals surface area contributed by atoms with Gasteiger partial charge in [-0.15, -0.1) is 0 Å². The highest BCUT2D eigenvalue weighted by atomic mass is 35.5. The van der Waals surface area contributed by atoms with Gasteiger partial charge in [0.2, 0.25) is 0 Å². The summed E-state index contributed by atoms with van der Waals surface area (Å²) in [4.78, 5) is 18.5. The van der Waals surface area contributed by atoms with Gasteiger partial charge in [-0.25, -0.2) is 4.98 Å². The molecule has 0 aromatic carbocycles. The van der Waals surface area contributed by atoms with E-state index in [-0.39, 0.29) is 5.56 Å². The van der Waals surface area contributed by atoms with Crippen LogP contribution in [-0.4, -0.2) is 14.4 Å². The maximum Gasteiger partial charge on any atom is 0.251 e. The summed E-state index contributed by atoms with van der Waals surface area (Å²) in [5.41, 5.74) is 0.454. The van der Waals surface area contributed by atoms with Crippen molar-refractivity contribution in [3.8, 4) is 0 Å². The van der Waals surface area contributed by atoms with Crippen molar-refractivity contribution in [1.29, 1.82) is 0 Å². The fourth-order valence-electron chi connectivity index (χ4n) is 3.50. The Kier molecular flexibility index (Phi) is 9.83. The summed E-state index contributed by atoms with van der Waals surface area (Å²) in [6, 6.07) is 1.51. The number of H-pyrrole nitrogens is 1. The SMILES string of the molecule is CCCCCCCCCCCCCCCc1nc(Cl)c2[nH]c(=O)ccn12. The number of aryl methyl sites for hydroxylation is 1. The van der Waals surface area contributed by atoms with Crippen molar-refractivity contribution in [1.82, 2.24) is 14.4 Å². The van der Waals surface area contributed by atoms with Crippen molar-refractivity contribution in [3.05, 3.63) is 33.6 Å². The third-order valence-electron chi connectivity index (χ3n) is 5.06. The summed E-state index contributed by atoms with van der Waals surface area (Å²) in [6.07, 6.45) is 20.2. The van der Waals surface area contributed by atoms with Crippen LogP contribution in [0.1, 0.15) is 96.2 Å². The number of unbranched alkanes of at least 4 members (excludes halogenated alkanes) is 12. The molecule has 1 N–H and O–H groups in total. The Labute approximate surface area is 162 Å². The molecule has 146 valence electrons. The van der Waals surface area contributed by atoms with Gasteiger partial charge >= 0.3 is 0 Å². The van der Waals surface area contributed by atoms with Crippen molar-refractivity contribution < 1.29 is 0 Å². The molecule has 2 rings (SSSR count). The zero-order chi connectivity index (χ0) is 18.6. The Morgan fingerprint density at radius 1 is 0.923 bits per heavy atom. The van der Waals surface area contributed by atoms with Crippen molar-refractivity contribution in [3.63, 3.8) is 0 Å². The first kappa shape index (κ1) is 21.0. The molecular formula is C21H34ClN3O. The fourth-order valence-corrected chi connectivity index (χ4v) is 3.73. The van der Waals surface area contributed by atoms with E-state index in [0.29, 0.717) is 10.8 Å². The summed E-state index contributed by atoms with van der Waals surface area (Å²) in [5, 5.41) is 0.382. The van der Waals surface area contributed by atoms with Crippen LogP contribution in [0, 0.1) is 0 Å². The zero-order valence-corrected chi connectivity index (χ0v) is 17.0. The third-order valence-corrected chi connectivity index (χ3v) is 5.33. The number of hydrogen-bond acceptors (Lipinski definition) is 2. The smallest absolute Gasteiger partial charge is 0.251 e. The molecule has 0 aliphatic heterocycles. The fraction of sp³-hybridized carbons (Fsp3) is 0.714. The van der Waals surface area contributed by atoms with E-state index in [0.717, 1.165) is 18.7 Å². The molecule has 0 radical (unpaired) electrons. The number of aromatic nitrogens is 3. The number of hydrogen-bond donors (Lipinski definition) is 1. The average molecular weight is 380 g/mol. The van der Waals surface area contributed by atoms with Crippen molar-refractivity contribution in [2.45, 2.75) is 96.8 Å². The standard InChI is InChI=1S/C21H34ClN3O/c1-2-3-4-5-6-7-8-9-10-11-12-13-14-15-18-23-20(22)21-24-19(26)16-17-25(18)21/h16-17H,2-15H2,1H3,(H,24,26). The van der Waals surface area contributed by atoms with Crippen LogP contribution in [0.4, 0.5) is 0 Å². The second-order valence-electron chi connectivity index (χ2n) is 7.34. The molecule has 0 saturated carbocycles. The molecule has 2 heterocycles. The van der Waals surface area contributed by atoms with Gasteiger partial charge in [0, 0.05) is 18.7 Å². The number of rotatable bonds is 14. The van der Waals surface area contributed by atoms with Crippen LogP contribution in [-0.2, 0) is 6.42 Å². The van der Waals surface area contributed by atoms with Gasteiger partial charge in [-0.3, -0.25) is 9.20 Å². The van der Waals surface area contributed by atoms with Gasteiger partial charge < -0.3 is 4.98 Å². The normalized spacial score (nSPS) is 11.5. The molecule has 0 aliphatic carbocycles. The molecule has 0 bridgehead atoms. The second kappa shape index (κ2) is 12.2. The number of nitrogens with zero attached hydrogens (tertiary/aromatic N) is 2. The molecule has 5 heteroatoms. The van der Waals surface area contributed by atoms with Crippen LogP contribution in [0.3, 0.4) is 0 Å². The molecule has 2 aromatic heterocycles. The highest BCUT2D eigenvalue weighted by Gasteiger charge is 2.09. The Bertz CT molecular complexity index is 692. The van der Waals surface area contributed by atoms with E-state index >= 15 is 0 Å². The monoisotopic (exact) mass is 379 g/mol. The summed E-state index contributed by atoms with van der Waals surface area (Å²) >= 11 is 6.11. The first-order chi connectivity index (χ1) is 12.7. The van der Waals surface area contributed by atoms with Gasteiger partial charge in [0.1, 0.15) is 5.82 Å². The average Bonchev–Trinajstić information content (AvgIpc) is 2.94. The number of imidazole rings is 1. The third kappa shape index (κ3) is 7.14. The van der Waals surface area contributed by atoms with Crippen LogP contribution in [0.15, 0.2) is 17.1 Å². The van der Waals surface area contributed by atoms with Gasteiger partial charge in [-0.1, -0.05) is 95.6 Å². The minimum atomic E-state index is -0.146. The van der Waals surface area contributed by atoms with Crippen LogP contribution in [0.25, 0.3) is 5.65 Å². The van der Waals surface area contributed by atoms with Crippen molar-refractivity contribution in [2.75, 3.05) is 0 Å². The van der Waals surface area contributed by atoms with E-state index in [1.807, 2.05) is 4.40 Å². The lowest BCUT2D eigenvalue weighted by atomic mass is 10.0. The summed E-state index contributed by atoms with van der Waals surface area (Å²) in [7, 11) is 0. The number of fused-ring (bicyclic) bond motifs is 1. The van der Waals surface area contributed by atoms with Gasteiger partial charge in [0.15, 0.2) is 10.8 Å². The predicted molar refractivity (Wildman–Crippen MR) is 110 cm³/mol. The van der Waals surface area contributed by atoms with E-state index in [4.69, 9.17) is 11.6 Å². The largest absolute Gasteiger partial charge is 0.306 e. The molecule has 0 saturated heterocycles. The molecule has 2 aromatic rings. The highest BCUT2D eigenvalue weighted by molar-refractivity contribution is 6.32. The summed E-state index contributed by atoms with van der Waals surface area (Å²) in [6.45, 7) is 2.27. The highest BCUT2D eigenvalue weighted by Crippen LogP contribution is 2.17. The lowest BCUT2D eigenvalue weighted by Crippen LogP contribution is -2.06. The molecular weight excluding hydrogens is 346 g/mol. The van der Waals surface area contributed by atoms with Crippen molar-refractivity contribution in [2.24, 2.45) is 0 Å². The first-order valence-electron chi connectivity index (χ1n) is 10.5. The van der Waals surface area contributed by atoms with Gasteiger partial charge in [-0.05, 0) is 6.42 Å². The molecule has 0 fully saturated rings. The second-order valence-corrected chi connectivity index (χ2v) is 7.69. The number of nitrogens with one attached hydrogen (secondary N) is 1. The van der Waals surface area contributed by atoms with E-state index in [2.05, 4.69) is 16.9 Å². The lowest BCUT2D eigenvalue weighted by molar-refractivity contribution is 0.538. The molecule has 4 nitrogen and oxygen atoms in total. The first-order valence-corrected chi connectivity index (χ1v) is 10.9. The molecule has 0 aliphatic rings. The van der Waals surface area contributed by atoms with Gasteiger partial charge in [-0.2, -0.15) is 0 Å². The Balaban J connectivity index is 1.50. The minimum Gasteiger partial charge on any atom is -0.306 e. The minimum absolute atomic E-state index is 0.146. The molecule has 0 atom stereocenters. The quantitative estimate of drug-likeness (QED) is 0.391. The number of aromatic amines is 1. The molecule has 0 spiro atoms. The van der Waals surface area contributed by atoms with Gasteiger partial charge in [0.05, 0.1) is 0 Å². The summed E-state index contributed by atoms with van der Waals surface area (Å²) < 4.78 is 1.89. The summed E-state index contributed by atoms with van der Waals surface area (Å²) in [5.74, 6) is 0.935. The molecule has 26 heavy (non-hydrogen) atoms. The van der Waals surface area contributed by atoms with E-state index < -0.39 is 0 Å².